The molecule has 1 N–H and O–H groups in total. The van der Waals surface area contributed by atoms with Crippen LogP contribution in [0.3, 0.4) is 0 Å². The maximum Gasteiger partial charge on any atom is 0.0948 e. The Kier molecular flexibility index (Phi) is 2.11. The first kappa shape index (κ1) is 11.1. The van der Waals surface area contributed by atoms with Gasteiger partial charge in [-0.1, -0.05) is 30.3 Å². The molecule has 5 rings (SSSR count). The molecule has 0 saturated carbocycles. The third-order valence-corrected chi connectivity index (χ3v) is 4.70. The van der Waals surface area contributed by atoms with Crippen LogP contribution < -0.4 is 0 Å². The normalized spacial score (nSPS) is 17.6. The summed E-state index contributed by atoms with van der Waals surface area (Å²) < 4.78 is 2.28. The lowest BCUT2D eigenvalue weighted by Crippen LogP contribution is -1.96. The molecular weight excluding hydrogens is 258 g/mol. The minimum absolute atomic E-state index is 0.454. The van der Waals surface area contributed by atoms with Crippen LogP contribution in [0.25, 0.3) is 21.8 Å². The Hall–Kier alpha value is -2.55. The fraction of sp³-hybridized carbons (Fsp3) is 0.167. The average molecular weight is 273 g/mol. The van der Waals surface area contributed by atoms with Crippen molar-refractivity contribution in [3.8, 4) is 0 Å². The van der Waals surface area contributed by atoms with Crippen LogP contribution in [0.1, 0.15) is 23.6 Å². The number of hydrogen-bond donors (Lipinski definition) is 1. The van der Waals surface area contributed by atoms with Gasteiger partial charge in [0.15, 0.2) is 0 Å². The standard InChI is InChI=1S/C18H15N3/c1-2-6-15-14(4-1)18-13(5-3-7-16(18)20-15)12-8-9-21-11-19-10-17(12)21/h1-7,10-12,20H,8-9H2. The Balaban J connectivity index is 1.84. The van der Waals surface area contributed by atoms with Crippen molar-refractivity contribution in [2.24, 2.45) is 0 Å². The van der Waals surface area contributed by atoms with Gasteiger partial charge in [-0.15, -0.1) is 0 Å². The number of imidazole rings is 1. The van der Waals surface area contributed by atoms with E-state index in [1.165, 1.54) is 33.1 Å². The van der Waals surface area contributed by atoms with E-state index in [9.17, 15) is 0 Å². The van der Waals surface area contributed by atoms with Gasteiger partial charge < -0.3 is 9.55 Å². The van der Waals surface area contributed by atoms with Crippen molar-refractivity contribution in [3.05, 3.63) is 66.2 Å². The predicted octanol–water partition coefficient (Wildman–Crippen LogP) is 4.05. The van der Waals surface area contributed by atoms with Crippen LogP contribution in [-0.2, 0) is 6.54 Å². The van der Waals surface area contributed by atoms with E-state index in [1.807, 2.05) is 12.5 Å². The number of hydrogen-bond acceptors (Lipinski definition) is 1. The molecule has 1 aliphatic rings. The molecule has 3 heterocycles. The van der Waals surface area contributed by atoms with Gasteiger partial charge in [-0.25, -0.2) is 4.98 Å². The Morgan fingerprint density at radius 2 is 1.95 bits per heavy atom. The lowest BCUT2D eigenvalue weighted by Gasteiger charge is -2.11. The Morgan fingerprint density at radius 1 is 1.05 bits per heavy atom. The summed E-state index contributed by atoms with van der Waals surface area (Å²) in [4.78, 5) is 7.84. The summed E-state index contributed by atoms with van der Waals surface area (Å²) in [6.07, 6.45) is 5.13. The summed E-state index contributed by atoms with van der Waals surface area (Å²) in [5.74, 6) is 0.454. The SMILES string of the molecule is c1ccc2c(c1)[nH]c1cccc(C3CCn4cncc43)c12. The van der Waals surface area contributed by atoms with Gasteiger partial charge in [0.1, 0.15) is 0 Å². The number of aromatic amines is 1. The van der Waals surface area contributed by atoms with Gasteiger partial charge in [-0.3, -0.25) is 0 Å². The predicted molar refractivity (Wildman–Crippen MR) is 84.5 cm³/mol. The van der Waals surface area contributed by atoms with Gasteiger partial charge in [0.2, 0.25) is 0 Å². The molecule has 1 atom stereocenters. The van der Waals surface area contributed by atoms with Crippen LogP contribution >= 0.6 is 0 Å². The summed E-state index contributed by atoms with van der Waals surface area (Å²) in [6, 6.07) is 15.2. The third-order valence-electron chi connectivity index (χ3n) is 4.70. The number of fused-ring (bicyclic) bond motifs is 4. The molecule has 0 aliphatic carbocycles. The second-order valence-electron chi connectivity index (χ2n) is 5.79. The number of nitrogens with one attached hydrogen (secondary N) is 1. The molecule has 3 heteroatoms. The first-order valence-corrected chi connectivity index (χ1v) is 7.41. The number of aryl methyl sites for hydroxylation is 1. The quantitative estimate of drug-likeness (QED) is 0.557. The lowest BCUT2D eigenvalue weighted by atomic mass is 9.91. The topological polar surface area (TPSA) is 33.6 Å². The van der Waals surface area contributed by atoms with Gasteiger partial charge in [0.25, 0.3) is 0 Å². The highest BCUT2D eigenvalue weighted by Crippen LogP contribution is 2.39. The summed E-state index contributed by atoms with van der Waals surface area (Å²) in [6.45, 7) is 1.07. The highest BCUT2D eigenvalue weighted by Gasteiger charge is 2.26. The number of rotatable bonds is 1. The molecule has 2 aromatic carbocycles. The number of benzene rings is 2. The molecule has 3 nitrogen and oxygen atoms in total. The van der Waals surface area contributed by atoms with Crippen molar-refractivity contribution < 1.29 is 0 Å². The zero-order valence-electron chi connectivity index (χ0n) is 11.6. The first-order chi connectivity index (χ1) is 10.4. The van der Waals surface area contributed by atoms with Gasteiger partial charge in [-0.2, -0.15) is 0 Å². The van der Waals surface area contributed by atoms with Crippen molar-refractivity contribution in [2.75, 3.05) is 0 Å². The zero-order valence-corrected chi connectivity index (χ0v) is 11.6. The minimum atomic E-state index is 0.454. The van der Waals surface area contributed by atoms with Gasteiger partial charge in [-0.05, 0) is 24.1 Å². The minimum Gasteiger partial charge on any atom is -0.355 e. The van der Waals surface area contributed by atoms with E-state index in [4.69, 9.17) is 0 Å². The number of para-hydroxylation sites is 1. The maximum atomic E-state index is 4.30. The van der Waals surface area contributed by atoms with Crippen LogP contribution in [0, 0.1) is 0 Å². The Morgan fingerprint density at radius 3 is 2.95 bits per heavy atom. The fourth-order valence-corrected chi connectivity index (χ4v) is 3.76. The molecule has 21 heavy (non-hydrogen) atoms. The molecule has 102 valence electrons. The second kappa shape index (κ2) is 3.98. The molecule has 0 bridgehead atoms. The van der Waals surface area contributed by atoms with Crippen molar-refractivity contribution in [1.82, 2.24) is 14.5 Å². The molecule has 4 aromatic rings. The van der Waals surface area contributed by atoms with Gasteiger partial charge in [0.05, 0.1) is 6.33 Å². The van der Waals surface area contributed by atoms with E-state index in [1.54, 1.807) is 0 Å². The Bertz CT molecular complexity index is 961. The number of aromatic nitrogens is 3. The molecular formula is C18H15N3. The van der Waals surface area contributed by atoms with Crippen LogP contribution in [0.15, 0.2) is 55.0 Å². The molecule has 1 unspecified atom stereocenters. The van der Waals surface area contributed by atoms with Crippen LogP contribution in [-0.4, -0.2) is 14.5 Å². The third kappa shape index (κ3) is 1.46. The lowest BCUT2D eigenvalue weighted by molar-refractivity contribution is 0.716. The molecule has 0 amide bonds. The molecule has 0 radical (unpaired) electrons. The van der Waals surface area contributed by atoms with Crippen LogP contribution in [0.2, 0.25) is 0 Å². The van der Waals surface area contributed by atoms with E-state index < -0.39 is 0 Å². The van der Waals surface area contributed by atoms with Crippen molar-refractivity contribution in [2.45, 2.75) is 18.9 Å². The summed E-state index contributed by atoms with van der Waals surface area (Å²) in [5.41, 5.74) is 5.20. The number of nitrogens with zero attached hydrogens (tertiary/aromatic N) is 2. The summed E-state index contributed by atoms with van der Waals surface area (Å²) in [7, 11) is 0. The molecule has 0 saturated heterocycles. The summed E-state index contributed by atoms with van der Waals surface area (Å²) >= 11 is 0. The summed E-state index contributed by atoms with van der Waals surface area (Å²) in [5, 5.41) is 2.69. The van der Waals surface area contributed by atoms with E-state index >= 15 is 0 Å². The smallest absolute Gasteiger partial charge is 0.0948 e. The molecule has 0 fully saturated rings. The van der Waals surface area contributed by atoms with Crippen molar-refractivity contribution >= 4 is 21.8 Å². The van der Waals surface area contributed by atoms with Crippen LogP contribution in [0.5, 0.6) is 0 Å². The average Bonchev–Trinajstić information content (AvgIpc) is 3.20. The van der Waals surface area contributed by atoms with Gasteiger partial charge in [0, 0.05) is 46.2 Å². The maximum absolute atomic E-state index is 4.30. The van der Waals surface area contributed by atoms with Gasteiger partial charge >= 0.3 is 0 Å². The fourth-order valence-electron chi connectivity index (χ4n) is 3.76. The highest BCUT2D eigenvalue weighted by atomic mass is 15.1. The van der Waals surface area contributed by atoms with Crippen LogP contribution in [0.4, 0.5) is 0 Å². The van der Waals surface area contributed by atoms with E-state index in [2.05, 4.69) is 57.0 Å². The van der Waals surface area contributed by atoms with Crippen molar-refractivity contribution in [3.63, 3.8) is 0 Å². The zero-order chi connectivity index (χ0) is 13.8. The monoisotopic (exact) mass is 273 g/mol. The van der Waals surface area contributed by atoms with E-state index in [0.29, 0.717) is 5.92 Å². The highest BCUT2D eigenvalue weighted by molar-refractivity contribution is 6.09. The number of H-pyrrole nitrogens is 1. The molecule has 1 aliphatic heterocycles. The van der Waals surface area contributed by atoms with Crippen molar-refractivity contribution in [1.29, 1.82) is 0 Å². The van der Waals surface area contributed by atoms with E-state index in [0.717, 1.165) is 13.0 Å². The van der Waals surface area contributed by atoms with E-state index in [-0.39, 0.29) is 0 Å². The Labute approximate surface area is 122 Å². The first-order valence-electron chi connectivity index (χ1n) is 7.41. The largest absolute Gasteiger partial charge is 0.355 e. The molecule has 0 spiro atoms. The second-order valence-corrected chi connectivity index (χ2v) is 5.79. The molecule has 2 aromatic heterocycles.